The summed E-state index contributed by atoms with van der Waals surface area (Å²) in [5.41, 5.74) is 10.1. The minimum Gasteiger partial charge on any atom is -0.297 e. The Kier molecular flexibility index (Phi) is 5.12. The summed E-state index contributed by atoms with van der Waals surface area (Å²) in [7, 11) is 2.07. The maximum absolute atomic E-state index is 5.00. The lowest BCUT2D eigenvalue weighted by molar-refractivity contribution is 0.290. The van der Waals surface area contributed by atoms with Crippen LogP contribution < -0.4 is 4.90 Å². The van der Waals surface area contributed by atoms with E-state index < -0.39 is 0 Å². The van der Waals surface area contributed by atoms with Crippen molar-refractivity contribution in [3.8, 4) is 22.3 Å². The first-order valence-electron chi connectivity index (χ1n) is 12.0. The van der Waals surface area contributed by atoms with Gasteiger partial charge in [-0.05, 0) is 51.9 Å². The summed E-state index contributed by atoms with van der Waals surface area (Å²) in [5.74, 6) is 0.975. The predicted octanol–water partition coefficient (Wildman–Crippen LogP) is 8.21. The number of halogens is 1. The molecule has 0 radical (unpaired) electrons. The number of rotatable bonds is 2. The van der Waals surface area contributed by atoms with E-state index in [-0.39, 0.29) is 11.6 Å². The molecule has 174 valence electrons. The van der Waals surface area contributed by atoms with Gasteiger partial charge < -0.3 is 0 Å². The SMILES string of the molecule is CN1N=C(c2ccc(Br)cc2)N2c3ccc(-c4ccc(C(C)(C)C)cc4)cc3-c3ccccc3C12. The van der Waals surface area contributed by atoms with Crippen molar-refractivity contribution in [1.82, 2.24) is 5.01 Å². The highest BCUT2D eigenvalue weighted by molar-refractivity contribution is 9.10. The van der Waals surface area contributed by atoms with Gasteiger partial charge in [-0.3, -0.25) is 9.91 Å². The van der Waals surface area contributed by atoms with E-state index in [9.17, 15) is 0 Å². The van der Waals surface area contributed by atoms with Gasteiger partial charge in [0.15, 0.2) is 5.84 Å². The van der Waals surface area contributed by atoms with Crippen LogP contribution in [0.3, 0.4) is 0 Å². The number of hydrazone groups is 1. The third-order valence-corrected chi connectivity index (χ3v) is 7.58. The molecule has 0 aliphatic carbocycles. The molecule has 6 rings (SSSR count). The highest BCUT2D eigenvalue weighted by Gasteiger charge is 2.40. The number of benzene rings is 4. The third-order valence-electron chi connectivity index (χ3n) is 7.05. The first kappa shape index (κ1) is 22.1. The van der Waals surface area contributed by atoms with Crippen molar-refractivity contribution in [3.63, 3.8) is 0 Å². The number of fused-ring (bicyclic) bond motifs is 6. The Bertz CT molecular complexity index is 1450. The zero-order chi connectivity index (χ0) is 24.3. The highest BCUT2D eigenvalue weighted by atomic mass is 79.9. The Morgan fingerprint density at radius 2 is 1.40 bits per heavy atom. The van der Waals surface area contributed by atoms with E-state index in [1.165, 1.54) is 39.1 Å². The average Bonchev–Trinajstić information content (AvgIpc) is 3.21. The first-order valence-corrected chi connectivity index (χ1v) is 12.8. The molecule has 0 spiro atoms. The molecule has 2 aliphatic heterocycles. The molecule has 4 heteroatoms. The van der Waals surface area contributed by atoms with Crippen LogP contribution in [-0.2, 0) is 5.41 Å². The zero-order valence-electron chi connectivity index (χ0n) is 20.5. The van der Waals surface area contributed by atoms with Gasteiger partial charge in [-0.15, -0.1) is 0 Å². The molecule has 0 amide bonds. The maximum atomic E-state index is 5.00. The molecule has 1 atom stereocenters. The summed E-state index contributed by atoms with van der Waals surface area (Å²) in [6.45, 7) is 6.77. The second-order valence-corrected chi connectivity index (χ2v) is 11.3. The van der Waals surface area contributed by atoms with Crippen molar-refractivity contribution in [2.24, 2.45) is 5.10 Å². The average molecular weight is 522 g/mol. The van der Waals surface area contributed by atoms with Gasteiger partial charge in [0.2, 0.25) is 0 Å². The van der Waals surface area contributed by atoms with Crippen LogP contribution in [0.4, 0.5) is 5.69 Å². The van der Waals surface area contributed by atoms with Crippen LogP contribution in [0.25, 0.3) is 22.3 Å². The fraction of sp³-hybridized carbons (Fsp3) is 0.194. The molecule has 1 unspecified atom stereocenters. The van der Waals surface area contributed by atoms with Crippen LogP contribution in [0.5, 0.6) is 0 Å². The molecule has 0 N–H and O–H groups in total. The molecule has 4 aromatic carbocycles. The summed E-state index contributed by atoms with van der Waals surface area (Å²) in [6, 6.07) is 33.0. The lowest BCUT2D eigenvalue weighted by atomic mass is 9.85. The van der Waals surface area contributed by atoms with E-state index in [0.29, 0.717) is 0 Å². The largest absolute Gasteiger partial charge is 0.297 e. The molecule has 2 heterocycles. The number of amidine groups is 1. The number of hydrogen-bond donors (Lipinski definition) is 0. The van der Waals surface area contributed by atoms with Crippen molar-refractivity contribution >= 4 is 27.5 Å². The van der Waals surface area contributed by atoms with E-state index in [1.807, 2.05) is 0 Å². The predicted molar refractivity (Wildman–Crippen MR) is 150 cm³/mol. The van der Waals surface area contributed by atoms with E-state index in [4.69, 9.17) is 5.10 Å². The monoisotopic (exact) mass is 521 g/mol. The van der Waals surface area contributed by atoms with E-state index >= 15 is 0 Å². The summed E-state index contributed by atoms with van der Waals surface area (Å²) < 4.78 is 1.07. The van der Waals surface area contributed by atoms with Gasteiger partial charge in [0.1, 0.15) is 6.17 Å². The van der Waals surface area contributed by atoms with Gasteiger partial charge in [-0.1, -0.05) is 103 Å². The Morgan fingerprint density at radius 1 is 0.743 bits per heavy atom. The van der Waals surface area contributed by atoms with Gasteiger partial charge in [-0.25, -0.2) is 0 Å². The van der Waals surface area contributed by atoms with Crippen LogP contribution >= 0.6 is 15.9 Å². The van der Waals surface area contributed by atoms with Gasteiger partial charge in [0.05, 0.1) is 5.69 Å². The normalized spacial score (nSPS) is 16.5. The summed E-state index contributed by atoms with van der Waals surface area (Å²) >= 11 is 3.56. The second-order valence-electron chi connectivity index (χ2n) is 10.4. The molecule has 2 aliphatic rings. The van der Waals surface area contributed by atoms with Crippen LogP contribution in [-0.4, -0.2) is 17.9 Å². The number of nitrogens with zero attached hydrogens (tertiary/aromatic N) is 3. The minimum atomic E-state index is 0.0364. The fourth-order valence-electron chi connectivity index (χ4n) is 5.19. The van der Waals surface area contributed by atoms with Crippen molar-refractivity contribution in [3.05, 3.63) is 112 Å². The molecule has 35 heavy (non-hydrogen) atoms. The Morgan fingerprint density at radius 3 is 2.11 bits per heavy atom. The van der Waals surface area contributed by atoms with E-state index in [1.54, 1.807) is 0 Å². The second kappa shape index (κ2) is 8.10. The van der Waals surface area contributed by atoms with Crippen LogP contribution in [0, 0.1) is 0 Å². The Labute approximate surface area is 215 Å². The summed E-state index contributed by atoms with van der Waals surface area (Å²) in [5, 5.41) is 7.09. The topological polar surface area (TPSA) is 18.8 Å². The molecule has 0 saturated carbocycles. The maximum Gasteiger partial charge on any atom is 0.162 e. The number of hydrogen-bond acceptors (Lipinski definition) is 3. The molecule has 3 nitrogen and oxygen atoms in total. The van der Waals surface area contributed by atoms with Crippen LogP contribution in [0.2, 0.25) is 0 Å². The molecular weight excluding hydrogens is 494 g/mol. The van der Waals surface area contributed by atoms with Crippen LogP contribution in [0.1, 0.15) is 43.6 Å². The first-order chi connectivity index (χ1) is 16.8. The minimum absolute atomic E-state index is 0.0364. The van der Waals surface area contributed by atoms with Crippen molar-refractivity contribution in [1.29, 1.82) is 0 Å². The lowest BCUT2D eigenvalue weighted by Gasteiger charge is -2.37. The third kappa shape index (κ3) is 3.68. The van der Waals surface area contributed by atoms with Crippen molar-refractivity contribution < 1.29 is 0 Å². The van der Waals surface area contributed by atoms with Gasteiger partial charge in [-0.2, -0.15) is 5.10 Å². The molecule has 0 aromatic heterocycles. The van der Waals surface area contributed by atoms with Crippen molar-refractivity contribution in [2.75, 3.05) is 11.9 Å². The van der Waals surface area contributed by atoms with Crippen LogP contribution in [0.15, 0.2) is 101 Å². The molecule has 0 bridgehead atoms. The van der Waals surface area contributed by atoms with Crippen molar-refractivity contribution in [2.45, 2.75) is 32.4 Å². The summed E-state index contributed by atoms with van der Waals surface area (Å²) in [4.78, 5) is 2.38. The molecule has 0 fully saturated rings. The van der Waals surface area contributed by atoms with E-state index in [2.05, 4.69) is 145 Å². The summed E-state index contributed by atoms with van der Waals surface area (Å²) in [6.07, 6.45) is 0.0364. The standard InChI is InChI=1S/C31H28BrN3/c1-31(2,3)23-14-9-20(10-15-23)22-13-18-28-27(19-22)25-7-5-6-8-26(25)30-34(4)33-29(35(28)30)21-11-16-24(32)17-12-21/h5-19,30H,1-4H3. The molecule has 0 saturated heterocycles. The Hall–Kier alpha value is -3.37. The van der Waals surface area contributed by atoms with Gasteiger partial charge >= 0.3 is 0 Å². The zero-order valence-corrected chi connectivity index (χ0v) is 22.0. The molecular formula is C31H28BrN3. The molecule has 4 aromatic rings. The Balaban J connectivity index is 1.49. The van der Waals surface area contributed by atoms with Gasteiger partial charge in [0.25, 0.3) is 0 Å². The number of anilines is 1. The smallest absolute Gasteiger partial charge is 0.162 e. The van der Waals surface area contributed by atoms with E-state index in [0.717, 1.165) is 15.9 Å². The fourth-order valence-corrected chi connectivity index (χ4v) is 5.45. The lowest BCUT2D eigenvalue weighted by Crippen LogP contribution is -2.37. The highest BCUT2D eigenvalue weighted by Crippen LogP contribution is 2.49. The van der Waals surface area contributed by atoms with Gasteiger partial charge in [0, 0.05) is 28.2 Å². The quantitative estimate of drug-likeness (QED) is 0.264.